The standard InChI is InChI=1S/C6H4ClN3S/c1-3-4-5(11-2-8-4)6(7)10-9-3/h2H,1H3. The molecule has 2 aromatic heterocycles. The molecule has 0 aliphatic rings. The van der Waals surface area contributed by atoms with Crippen LogP contribution in [0.15, 0.2) is 5.51 Å². The number of rotatable bonds is 0. The summed E-state index contributed by atoms with van der Waals surface area (Å²) in [5.41, 5.74) is 3.42. The van der Waals surface area contributed by atoms with Gasteiger partial charge in [0.25, 0.3) is 0 Å². The van der Waals surface area contributed by atoms with Gasteiger partial charge in [-0.3, -0.25) is 0 Å². The Balaban J connectivity index is 2.96. The number of aryl methyl sites for hydroxylation is 1. The maximum Gasteiger partial charge on any atom is 0.171 e. The number of hydrogen-bond acceptors (Lipinski definition) is 4. The highest BCUT2D eigenvalue weighted by Crippen LogP contribution is 2.24. The molecule has 0 aliphatic carbocycles. The lowest BCUT2D eigenvalue weighted by Crippen LogP contribution is -1.87. The van der Waals surface area contributed by atoms with Crippen LogP contribution in [0.3, 0.4) is 0 Å². The summed E-state index contributed by atoms with van der Waals surface area (Å²) < 4.78 is 0.916. The van der Waals surface area contributed by atoms with Crippen molar-refractivity contribution < 1.29 is 0 Å². The highest BCUT2D eigenvalue weighted by Gasteiger charge is 2.05. The van der Waals surface area contributed by atoms with Crippen molar-refractivity contribution in [3.8, 4) is 0 Å². The Morgan fingerprint density at radius 3 is 3.00 bits per heavy atom. The molecule has 0 unspecified atom stereocenters. The molecule has 2 rings (SSSR count). The minimum absolute atomic E-state index is 0.438. The van der Waals surface area contributed by atoms with E-state index in [-0.39, 0.29) is 0 Å². The topological polar surface area (TPSA) is 38.7 Å². The number of aromatic nitrogens is 3. The van der Waals surface area contributed by atoms with E-state index in [4.69, 9.17) is 11.6 Å². The van der Waals surface area contributed by atoms with E-state index in [0.29, 0.717) is 5.15 Å². The molecule has 2 aromatic rings. The van der Waals surface area contributed by atoms with E-state index >= 15 is 0 Å². The molecule has 0 radical (unpaired) electrons. The van der Waals surface area contributed by atoms with Crippen LogP contribution in [-0.4, -0.2) is 15.2 Å². The van der Waals surface area contributed by atoms with E-state index in [0.717, 1.165) is 15.9 Å². The highest BCUT2D eigenvalue weighted by atomic mass is 35.5. The number of thiazole rings is 1. The van der Waals surface area contributed by atoms with Crippen LogP contribution in [0.1, 0.15) is 5.69 Å². The van der Waals surface area contributed by atoms with Gasteiger partial charge in [0, 0.05) is 0 Å². The Labute approximate surface area is 72.0 Å². The van der Waals surface area contributed by atoms with Crippen molar-refractivity contribution >= 4 is 33.2 Å². The zero-order chi connectivity index (χ0) is 7.84. The second kappa shape index (κ2) is 2.39. The van der Waals surface area contributed by atoms with Gasteiger partial charge in [-0.25, -0.2) is 4.98 Å². The molecule has 56 valence electrons. The Morgan fingerprint density at radius 2 is 2.27 bits per heavy atom. The minimum atomic E-state index is 0.438. The molecule has 0 saturated heterocycles. The molecule has 0 aliphatic heterocycles. The van der Waals surface area contributed by atoms with Gasteiger partial charge in [-0.05, 0) is 6.92 Å². The lowest BCUT2D eigenvalue weighted by atomic mass is 10.4. The van der Waals surface area contributed by atoms with Gasteiger partial charge in [0.15, 0.2) is 5.15 Å². The molecule has 3 nitrogen and oxygen atoms in total. The van der Waals surface area contributed by atoms with Crippen molar-refractivity contribution in [3.63, 3.8) is 0 Å². The SMILES string of the molecule is Cc1nnc(Cl)c2scnc12. The molecule has 0 fully saturated rings. The van der Waals surface area contributed by atoms with Gasteiger partial charge < -0.3 is 0 Å². The van der Waals surface area contributed by atoms with Gasteiger partial charge in [-0.1, -0.05) is 11.6 Å². The number of nitrogens with zero attached hydrogens (tertiary/aromatic N) is 3. The van der Waals surface area contributed by atoms with E-state index in [1.54, 1.807) is 5.51 Å². The average Bonchev–Trinajstić information content (AvgIpc) is 2.45. The van der Waals surface area contributed by atoms with Crippen LogP contribution in [0.25, 0.3) is 10.2 Å². The second-order valence-electron chi connectivity index (χ2n) is 2.11. The van der Waals surface area contributed by atoms with Gasteiger partial charge in [-0.2, -0.15) is 5.10 Å². The third-order valence-electron chi connectivity index (χ3n) is 1.39. The zero-order valence-corrected chi connectivity index (χ0v) is 7.28. The first-order chi connectivity index (χ1) is 5.29. The van der Waals surface area contributed by atoms with Crippen LogP contribution in [0, 0.1) is 6.92 Å². The molecule has 0 saturated carbocycles. The molecule has 0 N–H and O–H groups in total. The molecule has 2 heterocycles. The summed E-state index contributed by atoms with van der Waals surface area (Å²) in [4.78, 5) is 4.11. The number of halogens is 1. The summed E-state index contributed by atoms with van der Waals surface area (Å²) in [6.45, 7) is 1.87. The first-order valence-corrected chi connectivity index (χ1v) is 4.27. The van der Waals surface area contributed by atoms with Crippen LogP contribution >= 0.6 is 22.9 Å². The van der Waals surface area contributed by atoms with Crippen molar-refractivity contribution in [1.82, 2.24) is 15.2 Å². The summed E-state index contributed by atoms with van der Waals surface area (Å²) >= 11 is 7.25. The molecule has 0 atom stereocenters. The van der Waals surface area contributed by atoms with Gasteiger partial charge in [0.05, 0.1) is 15.9 Å². The summed E-state index contributed by atoms with van der Waals surface area (Å²) in [5.74, 6) is 0. The molecule has 0 spiro atoms. The van der Waals surface area contributed by atoms with Gasteiger partial charge in [0.1, 0.15) is 5.52 Å². The first-order valence-electron chi connectivity index (χ1n) is 3.01. The van der Waals surface area contributed by atoms with Crippen molar-refractivity contribution in [3.05, 3.63) is 16.4 Å². The molecular weight excluding hydrogens is 182 g/mol. The van der Waals surface area contributed by atoms with E-state index in [9.17, 15) is 0 Å². The maximum absolute atomic E-state index is 5.77. The molecule has 0 amide bonds. The lowest BCUT2D eigenvalue weighted by molar-refractivity contribution is 1.000. The third-order valence-corrected chi connectivity index (χ3v) is 2.60. The first kappa shape index (κ1) is 6.94. The molecule has 11 heavy (non-hydrogen) atoms. The van der Waals surface area contributed by atoms with E-state index in [1.165, 1.54) is 11.3 Å². The van der Waals surface area contributed by atoms with Crippen LogP contribution in [0.5, 0.6) is 0 Å². The van der Waals surface area contributed by atoms with Crippen LogP contribution in [0.4, 0.5) is 0 Å². The van der Waals surface area contributed by atoms with Crippen molar-refractivity contribution in [2.75, 3.05) is 0 Å². The fourth-order valence-corrected chi connectivity index (χ4v) is 1.84. The highest BCUT2D eigenvalue weighted by molar-refractivity contribution is 7.17. The van der Waals surface area contributed by atoms with Crippen molar-refractivity contribution in [1.29, 1.82) is 0 Å². The predicted molar refractivity (Wildman–Crippen MR) is 45.0 cm³/mol. The molecule has 0 bridgehead atoms. The summed E-state index contributed by atoms with van der Waals surface area (Å²) in [7, 11) is 0. The second-order valence-corrected chi connectivity index (χ2v) is 3.32. The summed E-state index contributed by atoms with van der Waals surface area (Å²) in [5, 5.41) is 8.04. The average molecular weight is 186 g/mol. The van der Waals surface area contributed by atoms with Gasteiger partial charge >= 0.3 is 0 Å². The normalized spacial score (nSPS) is 10.7. The van der Waals surface area contributed by atoms with Crippen molar-refractivity contribution in [2.45, 2.75) is 6.92 Å². The Kier molecular flexibility index (Phi) is 1.51. The summed E-state index contributed by atoms with van der Waals surface area (Å²) in [6.07, 6.45) is 0. The van der Waals surface area contributed by atoms with Crippen LogP contribution < -0.4 is 0 Å². The molecular formula is C6H4ClN3S. The Hall–Kier alpha value is -0.740. The van der Waals surface area contributed by atoms with E-state index < -0.39 is 0 Å². The number of hydrogen-bond donors (Lipinski definition) is 0. The number of fused-ring (bicyclic) bond motifs is 1. The van der Waals surface area contributed by atoms with Crippen LogP contribution in [-0.2, 0) is 0 Å². The van der Waals surface area contributed by atoms with E-state index in [1.807, 2.05) is 6.92 Å². The fourth-order valence-electron chi connectivity index (χ4n) is 0.862. The minimum Gasteiger partial charge on any atom is -0.243 e. The monoisotopic (exact) mass is 185 g/mol. The lowest BCUT2D eigenvalue weighted by Gasteiger charge is -1.92. The fraction of sp³-hybridized carbons (Fsp3) is 0.167. The molecule has 0 aromatic carbocycles. The Morgan fingerprint density at radius 1 is 1.45 bits per heavy atom. The maximum atomic E-state index is 5.77. The molecule has 5 heteroatoms. The smallest absolute Gasteiger partial charge is 0.171 e. The zero-order valence-electron chi connectivity index (χ0n) is 5.71. The van der Waals surface area contributed by atoms with Gasteiger partial charge in [0.2, 0.25) is 0 Å². The quantitative estimate of drug-likeness (QED) is 0.631. The predicted octanol–water partition coefficient (Wildman–Crippen LogP) is 2.05. The van der Waals surface area contributed by atoms with Crippen LogP contribution in [0.2, 0.25) is 5.15 Å². The van der Waals surface area contributed by atoms with Gasteiger partial charge in [-0.15, -0.1) is 16.4 Å². The summed E-state index contributed by atoms with van der Waals surface area (Å²) in [6, 6.07) is 0. The Bertz CT molecular complexity index is 362. The third kappa shape index (κ3) is 0.985. The largest absolute Gasteiger partial charge is 0.243 e. The van der Waals surface area contributed by atoms with Crippen molar-refractivity contribution in [2.24, 2.45) is 0 Å². The van der Waals surface area contributed by atoms with E-state index in [2.05, 4.69) is 15.2 Å².